The summed E-state index contributed by atoms with van der Waals surface area (Å²) in [5.74, 6) is 6.74. The fourth-order valence-corrected chi connectivity index (χ4v) is 3.28. The number of anilines is 1. The van der Waals surface area contributed by atoms with Crippen LogP contribution in [-0.4, -0.2) is 33.1 Å². The van der Waals surface area contributed by atoms with Crippen molar-refractivity contribution < 1.29 is 13.9 Å². The molecule has 0 spiro atoms. The van der Waals surface area contributed by atoms with Gasteiger partial charge < -0.3 is 14.5 Å². The van der Waals surface area contributed by atoms with Crippen LogP contribution in [0.5, 0.6) is 5.75 Å². The van der Waals surface area contributed by atoms with Gasteiger partial charge in [0.25, 0.3) is 5.91 Å². The number of benzene rings is 2. The predicted octanol–water partition coefficient (Wildman–Crippen LogP) is 4.19. The number of hydrogen-bond donors (Lipinski definition) is 2. The number of unbranched alkanes of at least 4 members (excludes halogenated alkanes) is 3. The first-order valence-electron chi connectivity index (χ1n) is 11.0. The predicted molar refractivity (Wildman–Crippen MR) is 127 cm³/mol. The summed E-state index contributed by atoms with van der Waals surface area (Å²) in [5, 5.41) is 16.4. The molecule has 2 aromatic carbocycles. The van der Waals surface area contributed by atoms with Crippen molar-refractivity contribution in [2.24, 2.45) is 0 Å². The van der Waals surface area contributed by atoms with Crippen molar-refractivity contribution >= 4 is 22.6 Å². The van der Waals surface area contributed by atoms with Gasteiger partial charge in [0.15, 0.2) is 16.8 Å². The van der Waals surface area contributed by atoms with E-state index >= 15 is 0 Å². The normalized spacial score (nSPS) is 10.5. The van der Waals surface area contributed by atoms with E-state index < -0.39 is 0 Å². The number of nitrogens with zero attached hydrogens (tertiary/aromatic N) is 3. The molecule has 4 aromatic rings. The lowest BCUT2D eigenvalue weighted by molar-refractivity contribution is 0.102. The van der Waals surface area contributed by atoms with Crippen LogP contribution in [0, 0.1) is 11.8 Å². The number of carbonyl (C=O) groups excluding carboxylic acids is 1. The quantitative estimate of drug-likeness (QED) is 0.300. The monoisotopic (exact) mass is 457 g/mol. The Morgan fingerprint density at radius 2 is 2.00 bits per heavy atom. The van der Waals surface area contributed by atoms with Crippen molar-refractivity contribution in [3.05, 3.63) is 64.3 Å². The van der Waals surface area contributed by atoms with Crippen molar-refractivity contribution in [2.45, 2.75) is 32.6 Å². The zero-order chi connectivity index (χ0) is 23.8. The summed E-state index contributed by atoms with van der Waals surface area (Å²) >= 11 is 0. The van der Waals surface area contributed by atoms with Gasteiger partial charge in [-0.25, -0.2) is 5.10 Å². The Labute approximate surface area is 195 Å². The summed E-state index contributed by atoms with van der Waals surface area (Å²) < 4.78 is 11.4. The Morgan fingerprint density at radius 3 is 2.76 bits per heavy atom. The largest absolute Gasteiger partial charge is 0.481 e. The maximum atomic E-state index is 12.8. The Balaban J connectivity index is 1.45. The van der Waals surface area contributed by atoms with E-state index in [9.17, 15) is 9.59 Å². The number of para-hydroxylation sites is 1. The van der Waals surface area contributed by atoms with Crippen LogP contribution in [-0.2, 0) is 0 Å². The molecule has 0 aliphatic heterocycles. The third-order valence-electron chi connectivity index (χ3n) is 5.04. The molecule has 0 saturated carbocycles. The fourth-order valence-electron chi connectivity index (χ4n) is 3.28. The minimum atomic E-state index is -0.357. The molecule has 0 saturated heterocycles. The van der Waals surface area contributed by atoms with E-state index in [2.05, 4.69) is 44.7 Å². The van der Waals surface area contributed by atoms with Crippen molar-refractivity contribution in [3.8, 4) is 29.2 Å². The second kappa shape index (κ2) is 10.9. The van der Waals surface area contributed by atoms with Gasteiger partial charge in [0.1, 0.15) is 12.4 Å². The SMILES string of the molecule is CCCCCC#CCOc1ccc(C(=O)Nc2cccc3c(=O)cc(-c4nnn[nH]4)oc23)cc1. The lowest BCUT2D eigenvalue weighted by Crippen LogP contribution is -2.13. The molecular formula is C25H23N5O4. The number of aromatic nitrogens is 4. The van der Waals surface area contributed by atoms with Gasteiger partial charge in [0.05, 0.1) is 11.1 Å². The Hall–Kier alpha value is -4.45. The number of tetrazole rings is 1. The maximum Gasteiger partial charge on any atom is 0.255 e. The molecule has 1 amide bonds. The first-order chi connectivity index (χ1) is 16.7. The molecule has 2 heterocycles. The summed E-state index contributed by atoms with van der Waals surface area (Å²) in [7, 11) is 0. The summed E-state index contributed by atoms with van der Waals surface area (Å²) in [6.45, 7) is 2.46. The van der Waals surface area contributed by atoms with Crippen molar-refractivity contribution in [1.29, 1.82) is 0 Å². The van der Waals surface area contributed by atoms with Gasteiger partial charge in [-0.2, -0.15) is 0 Å². The summed E-state index contributed by atoms with van der Waals surface area (Å²) in [5.41, 5.74) is 0.728. The first-order valence-corrected chi connectivity index (χ1v) is 11.0. The molecule has 0 fully saturated rings. The second-order valence-corrected chi connectivity index (χ2v) is 7.48. The van der Waals surface area contributed by atoms with Gasteiger partial charge in [0.2, 0.25) is 5.82 Å². The number of rotatable bonds is 8. The maximum absolute atomic E-state index is 12.8. The molecule has 0 unspecified atom stereocenters. The summed E-state index contributed by atoms with van der Waals surface area (Å²) in [6.07, 6.45) is 4.34. The van der Waals surface area contributed by atoms with E-state index in [1.54, 1.807) is 42.5 Å². The van der Waals surface area contributed by atoms with Crippen LogP contribution in [0.2, 0.25) is 0 Å². The van der Waals surface area contributed by atoms with Gasteiger partial charge >= 0.3 is 0 Å². The number of carbonyl (C=O) groups is 1. The highest BCUT2D eigenvalue weighted by Gasteiger charge is 2.15. The lowest BCUT2D eigenvalue weighted by Gasteiger charge is -2.09. The number of hydrogen-bond acceptors (Lipinski definition) is 7. The van der Waals surface area contributed by atoms with Crippen LogP contribution in [0.4, 0.5) is 5.69 Å². The number of nitrogens with one attached hydrogen (secondary N) is 2. The van der Waals surface area contributed by atoms with Crippen LogP contribution in [0.3, 0.4) is 0 Å². The Kier molecular flexibility index (Phi) is 7.30. The molecule has 34 heavy (non-hydrogen) atoms. The zero-order valence-electron chi connectivity index (χ0n) is 18.6. The fraction of sp³-hybridized carbons (Fsp3) is 0.240. The second-order valence-electron chi connectivity index (χ2n) is 7.48. The van der Waals surface area contributed by atoms with Crippen molar-refractivity contribution in [2.75, 3.05) is 11.9 Å². The molecule has 0 radical (unpaired) electrons. The molecule has 0 aliphatic rings. The van der Waals surface area contributed by atoms with Crippen LogP contribution < -0.4 is 15.5 Å². The summed E-state index contributed by atoms with van der Waals surface area (Å²) in [6, 6.07) is 13.0. The zero-order valence-corrected chi connectivity index (χ0v) is 18.6. The molecule has 2 N–H and O–H groups in total. The van der Waals surface area contributed by atoms with Crippen LogP contribution >= 0.6 is 0 Å². The molecule has 9 heteroatoms. The topological polar surface area (TPSA) is 123 Å². The molecule has 9 nitrogen and oxygen atoms in total. The number of H-pyrrole nitrogens is 1. The average Bonchev–Trinajstić information content (AvgIpc) is 3.39. The third-order valence-corrected chi connectivity index (χ3v) is 5.04. The summed E-state index contributed by atoms with van der Waals surface area (Å²) in [4.78, 5) is 25.4. The van der Waals surface area contributed by atoms with E-state index in [0.29, 0.717) is 29.0 Å². The third kappa shape index (κ3) is 5.48. The lowest BCUT2D eigenvalue weighted by atomic mass is 10.1. The number of fused-ring (bicyclic) bond motifs is 1. The molecule has 2 aromatic heterocycles. The number of amides is 1. The van der Waals surface area contributed by atoms with Crippen LogP contribution in [0.25, 0.3) is 22.6 Å². The first kappa shape index (κ1) is 22.7. The van der Waals surface area contributed by atoms with Gasteiger partial charge in [-0.05, 0) is 53.2 Å². The van der Waals surface area contributed by atoms with E-state index in [1.165, 1.54) is 18.9 Å². The van der Waals surface area contributed by atoms with E-state index in [4.69, 9.17) is 9.15 Å². The van der Waals surface area contributed by atoms with Crippen molar-refractivity contribution in [3.63, 3.8) is 0 Å². The molecule has 0 bridgehead atoms. The molecule has 172 valence electrons. The average molecular weight is 457 g/mol. The van der Waals surface area contributed by atoms with Crippen LogP contribution in [0.1, 0.15) is 43.0 Å². The minimum Gasteiger partial charge on any atom is -0.481 e. The smallest absolute Gasteiger partial charge is 0.255 e. The molecule has 4 rings (SSSR count). The van der Waals surface area contributed by atoms with Crippen LogP contribution in [0.15, 0.2) is 57.7 Å². The minimum absolute atomic E-state index is 0.166. The molecular weight excluding hydrogens is 434 g/mol. The van der Waals surface area contributed by atoms with E-state index in [1.807, 2.05) is 0 Å². The van der Waals surface area contributed by atoms with E-state index in [-0.39, 0.29) is 28.5 Å². The number of aromatic amines is 1. The van der Waals surface area contributed by atoms with Gasteiger partial charge in [-0.3, -0.25) is 9.59 Å². The Morgan fingerprint density at radius 1 is 1.15 bits per heavy atom. The highest BCUT2D eigenvalue weighted by atomic mass is 16.5. The van der Waals surface area contributed by atoms with Gasteiger partial charge in [-0.1, -0.05) is 37.7 Å². The number of ether oxygens (including phenoxy) is 1. The Bertz CT molecular complexity index is 1380. The molecule has 0 atom stereocenters. The van der Waals surface area contributed by atoms with Gasteiger partial charge in [0, 0.05) is 18.1 Å². The standard InChI is InChI=1S/C25H23N5O4/c1-2-3-4-5-6-7-15-33-18-13-11-17(12-14-18)25(32)26-20-10-8-9-19-21(31)16-22(34-23(19)20)24-27-29-30-28-24/h8-14,16H,2-5,15H2,1H3,(H,26,32)(H,27,28,29,30). The van der Waals surface area contributed by atoms with Gasteiger partial charge in [-0.15, -0.1) is 5.10 Å². The highest BCUT2D eigenvalue weighted by molar-refractivity contribution is 6.08. The molecule has 0 aliphatic carbocycles. The van der Waals surface area contributed by atoms with Crippen molar-refractivity contribution in [1.82, 2.24) is 20.6 Å². The van der Waals surface area contributed by atoms with E-state index in [0.717, 1.165) is 12.8 Å². The highest BCUT2D eigenvalue weighted by Crippen LogP contribution is 2.26.